The number of anilines is 2. The molecule has 0 bridgehead atoms. The Morgan fingerprint density at radius 1 is 1.14 bits per heavy atom. The van der Waals surface area contributed by atoms with Gasteiger partial charge in [-0.3, -0.25) is 5.10 Å². The zero-order valence-electron chi connectivity index (χ0n) is 21.5. The number of rotatable bonds is 8. The number of nitrogens with one attached hydrogen (secondary N) is 3. The number of ether oxygens (including phenoxy) is 1. The van der Waals surface area contributed by atoms with Crippen LogP contribution in [0.5, 0.6) is 5.75 Å². The van der Waals surface area contributed by atoms with Gasteiger partial charge in [-0.15, -0.1) is 12.4 Å². The van der Waals surface area contributed by atoms with Gasteiger partial charge in [0.15, 0.2) is 9.84 Å². The molecule has 1 saturated heterocycles. The number of aromatic nitrogens is 4. The third-order valence-electron chi connectivity index (χ3n) is 6.38. The van der Waals surface area contributed by atoms with Crippen LogP contribution < -0.4 is 15.4 Å². The van der Waals surface area contributed by atoms with Gasteiger partial charge in [0.05, 0.1) is 22.6 Å². The number of hydrogen-bond donors (Lipinski definition) is 3. The predicted octanol–water partition coefficient (Wildman–Crippen LogP) is 3.38. The van der Waals surface area contributed by atoms with E-state index >= 15 is 0 Å². The number of aromatic amines is 1. The van der Waals surface area contributed by atoms with E-state index in [1.165, 1.54) is 6.33 Å². The summed E-state index contributed by atoms with van der Waals surface area (Å²) in [6.07, 6.45) is 2.26. The average molecular weight is 538 g/mol. The van der Waals surface area contributed by atoms with Gasteiger partial charge in [-0.05, 0) is 47.1 Å². The van der Waals surface area contributed by atoms with Crippen LogP contribution in [0.1, 0.15) is 38.4 Å². The normalized spacial score (nSPS) is 15.0. The second-order valence-electron chi connectivity index (χ2n) is 9.88. The van der Waals surface area contributed by atoms with E-state index in [0.29, 0.717) is 34.9 Å². The summed E-state index contributed by atoms with van der Waals surface area (Å²) in [4.78, 5) is 11.3. The Morgan fingerprint density at radius 2 is 1.86 bits per heavy atom. The van der Waals surface area contributed by atoms with E-state index in [4.69, 9.17) is 4.74 Å². The molecule has 12 heteroatoms. The zero-order chi connectivity index (χ0) is 25.2. The molecule has 36 heavy (non-hydrogen) atoms. The van der Waals surface area contributed by atoms with Crippen molar-refractivity contribution in [2.75, 3.05) is 44.6 Å². The molecule has 0 saturated carbocycles. The van der Waals surface area contributed by atoms with Gasteiger partial charge in [-0.1, -0.05) is 0 Å². The quantitative estimate of drug-likeness (QED) is 0.371. The molecule has 3 aromatic rings. The minimum atomic E-state index is -3.70. The first kappa shape index (κ1) is 28.1. The minimum Gasteiger partial charge on any atom is -0.492 e. The molecular weight excluding hydrogens is 502 g/mol. The Labute approximate surface area is 218 Å². The number of benzene rings is 1. The number of fused-ring (bicyclic) bond motifs is 1. The molecule has 10 nitrogen and oxygen atoms in total. The highest BCUT2D eigenvalue weighted by atomic mass is 35.5. The van der Waals surface area contributed by atoms with Gasteiger partial charge in [0.2, 0.25) is 0 Å². The molecule has 3 heterocycles. The molecule has 3 N–H and O–H groups in total. The van der Waals surface area contributed by atoms with Crippen LogP contribution in [0.3, 0.4) is 0 Å². The molecular formula is C24H36ClN7O3S. The van der Waals surface area contributed by atoms with Crippen LogP contribution in [0, 0.1) is 13.8 Å². The number of nitrogens with zero attached hydrogens (tertiary/aromatic N) is 4. The van der Waals surface area contributed by atoms with E-state index in [2.05, 4.69) is 35.7 Å². The van der Waals surface area contributed by atoms with Crippen molar-refractivity contribution in [3.05, 3.63) is 29.7 Å². The van der Waals surface area contributed by atoms with Crippen molar-refractivity contribution in [1.29, 1.82) is 0 Å². The monoisotopic (exact) mass is 537 g/mol. The number of sulfone groups is 1. The number of piperazine rings is 1. The van der Waals surface area contributed by atoms with E-state index in [0.717, 1.165) is 50.4 Å². The maximum Gasteiger partial charge on any atom is 0.186 e. The van der Waals surface area contributed by atoms with Crippen molar-refractivity contribution < 1.29 is 13.2 Å². The Hall–Kier alpha value is -2.47. The molecule has 0 atom stereocenters. The lowest BCUT2D eigenvalue weighted by molar-refractivity contribution is 0.212. The summed E-state index contributed by atoms with van der Waals surface area (Å²) in [6, 6.07) is 3.33. The van der Waals surface area contributed by atoms with Crippen molar-refractivity contribution in [3.63, 3.8) is 0 Å². The van der Waals surface area contributed by atoms with Gasteiger partial charge in [0.25, 0.3) is 0 Å². The van der Waals surface area contributed by atoms with Gasteiger partial charge in [0, 0.05) is 49.7 Å². The number of H-pyrrole nitrogens is 1. The van der Waals surface area contributed by atoms with Gasteiger partial charge < -0.3 is 20.3 Å². The van der Waals surface area contributed by atoms with E-state index in [1.807, 2.05) is 13.8 Å². The van der Waals surface area contributed by atoms with E-state index in [1.54, 1.807) is 32.9 Å². The average Bonchev–Trinajstić information content (AvgIpc) is 3.13. The van der Waals surface area contributed by atoms with Crippen molar-refractivity contribution in [3.8, 4) is 5.75 Å². The minimum absolute atomic E-state index is 0. The zero-order valence-corrected chi connectivity index (χ0v) is 23.1. The lowest BCUT2D eigenvalue weighted by atomic mass is 10.2. The first-order valence-corrected chi connectivity index (χ1v) is 13.4. The highest BCUT2D eigenvalue weighted by Crippen LogP contribution is 2.37. The Bertz CT molecular complexity index is 1300. The molecule has 0 amide bonds. The summed E-state index contributed by atoms with van der Waals surface area (Å²) in [5.41, 5.74) is 2.43. The lowest BCUT2D eigenvalue weighted by Crippen LogP contribution is -2.44. The highest BCUT2D eigenvalue weighted by Gasteiger charge is 2.34. The van der Waals surface area contributed by atoms with Crippen molar-refractivity contribution in [1.82, 2.24) is 30.4 Å². The van der Waals surface area contributed by atoms with E-state index < -0.39 is 14.6 Å². The number of aryl methyl sites for hydroxylation is 1. The SMILES string of the molecule is Cc1n[nH]c(Nc2ncnc3cc(OCCCN4CCNCC4)c(S(=O)(=O)C(C)(C)C)cc23)c1C.Cl. The molecule has 0 radical (unpaired) electrons. The highest BCUT2D eigenvalue weighted by molar-refractivity contribution is 7.92. The molecule has 4 rings (SSSR count). The first-order valence-electron chi connectivity index (χ1n) is 12.0. The molecule has 198 valence electrons. The molecule has 1 fully saturated rings. The summed E-state index contributed by atoms with van der Waals surface area (Å²) in [7, 11) is -3.70. The topological polar surface area (TPSA) is 125 Å². The summed E-state index contributed by atoms with van der Waals surface area (Å²) in [5, 5.41) is 14.4. The summed E-state index contributed by atoms with van der Waals surface area (Å²) >= 11 is 0. The standard InChI is InChI=1S/C24H35N7O3S.ClH/c1-16-17(2)29-30-22(16)28-23-18-13-21(35(32,33)24(3,4)5)20(14-19(18)26-15-27-23)34-12-6-9-31-10-7-25-8-11-31;/h13-15,25H,6-12H2,1-5H3,(H2,26,27,28,29,30);1H. The van der Waals surface area contributed by atoms with Gasteiger partial charge in [0.1, 0.15) is 28.6 Å². The van der Waals surface area contributed by atoms with Gasteiger partial charge in [-0.2, -0.15) is 5.10 Å². The van der Waals surface area contributed by atoms with E-state index in [9.17, 15) is 8.42 Å². The number of halogens is 1. The predicted molar refractivity (Wildman–Crippen MR) is 144 cm³/mol. The second-order valence-corrected chi connectivity index (χ2v) is 12.6. The van der Waals surface area contributed by atoms with Crippen LogP contribution in [0.15, 0.2) is 23.4 Å². The molecule has 1 aliphatic heterocycles. The van der Waals surface area contributed by atoms with Crippen LogP contribution in [0.4, 0.5) is 11.6 Å². The lowest BCUT2D eigenvalue weighted by Gasteiger charge is -2.27. The molecule has 0 unspecified atom stereocenters. The van der Waals surface area contributed by atoms with Crippen molar-refractivity contribution in [2.45, 2.75) is 50.7 Å². The van der Waals surface area contributed by atoms with Crippen molar-refractivity contribution >= 4 is 44.8 Å². The Kier molecular flexibility index (Phi) is 8.81. The van der Waals surface area contributed by atoms with Gasteiger partial charge >= 0.3 is 0 Å². The fourth-order valence-electron chi connectivity index (χ4n) is 3.95. The number of hydrogen-bond acceptors (Lipinski definition) is 9. The third kappa shape index (κ3) is 5.91. The van der Waals surface area contributed by atoms with Crippen LogP contribution >= 0.6 is 12.4 Å². The summed E-state index contributed by atoms with van der Waals surface area (Å²) in [6.45, 7) is 14.3. The Morgan fingerprint density at radius 3 is 2.50 bits per heavy atom. The van der Waals surface area contributed by atoms with Gasteiger partial charge in [-0.25, -0.2) is 18.4 Å². The molecule has 1 aliphatic rings. The van der Waals surface area contributed by atoms with Crippen molar-refractivity contribution in [2.24, 2.45) is 0 Å². The molecule has 0 spiro atoms. The third-order valence-corrected chi connectivity index (χ3v) is 8.89. The largest absolute Gasteiger partial charge is 0.492 e. The summed E-state index contributed by atoms with van der Waals surface area (Å²) < 4.78 is 32.2. The Balaban J connectivity index is 0.00000361. The first-order chi connectivity index (χ1) is 16.6. The molecule has 0 aliphatic carbocycles. The fourth-order valence-corrected chi connectivity index (χ4v) is 5.27. The van der Waals surface area contributed by atoms with Crippen LogP contribution in [0.2, 0.25) is 0 Å². The maximum atomic E-state index is 13.6. The van der Waals surface area contributed by atoms with Crippen LogP contribution in [0.25, 0.3) is 10.9 Å². The molecule has 2 aromatic heterocycles. The smallest absolute Gasteiger partial charge is 0.186 e. The molecule has 1 aromatic carbocycles. The van der Waals surface area contributed by atoms with Crippen LogP contribution in [-0.4, -0.2) is 77.6 Å². The van der Waals surface area contributed by atoms with E-state index in [-0.39, 0.29) is 17.3 Å². The maximum absolute atomic E-state index is 13.6. The summed E-state index contributed by atoms with van der Waals surface area (Å²) in [5.74, 6) is 1.53. The fraction of sp³-hybridized carbons (Fsp3) is 0.542. The second kappa shape index (κ2) is 11.3. The van der Waals surface area contributed by atoms with Crippen LogP contribution in [-0.2, 0) is 9.84 Å².